The molecule has 3 aliphatic rings. The van der Waals surface area contributed by atoms with Crippen molar-refractivity contribution in [2.45, 2.75) is 77.0 Å². The Hall–Kier alpha value is -3.03. The molecule has 1 heterocycles. The van der Waals surface area contributed by atoms with Crippen molar-refractivity contribution in [2.24, 2.45) is 17.8 Å². The number of carbonyl (C=O) groups excluding carboxylic acids is 1. The van der Waals surface area contributed by atoms with Crippen molar-refractivity contribution in [1.29, 1.82) is 0 Å². The molecule has 3 fully saturated rings. The second-order valence-electron chi connectivity index (χ2n) is 10.4. The molecule has 35 heavy (non-hydrogen) atoms. The zero-order chi connectivity index (χ0) is 24.5. The van der Waals surface area contributed by atoms with Crippen molar-refractivity contribution in [3.05, 3.63) is 35.5 Å². The van der Waals surface area contributed by atoms with E-state index in [1.165, 1.54) is 0 Å². The second kappa shape index (κ2) is 9.91. The molecule has 1 N–H and O–H groups in total. The lowest BCUT2D eigenvalue weighted by molar-refractivity contribution is -0.148. The molecule has 1 aromatic carbocycles. The van der Waals surface area contributed by atoms with Crippen LogP contribution in [0, 0.1) is 24.7 Å². The van der Waals surface area contributed by atoms with Crippen LogP contribution in [0.5, 0.6) is 5.75 Å². The Morgan fingerprint density at radius 3 is 2.51 bits per heavy atom. The summed E-state index contributed by atoms with van der Waals surface area (Å²) >= 11 is 0. The Bertz CT molecular complexity index is 1060. The number of carbonyl (C=O) groups is 2. The normalized spacial score (nSPS) is 26.0. The maximum Gasteiger partial charge on any atom is 0.410 e. The number of aryl methyl sites for hydroxylation is 1. The summed E-state index contributed by atoms with van der Waals surface area (Å²) in [5.41, 5.74) is 2.26. The van der Waals surface area contributed by atoms with Crippen molar-refractivity contribution in [3.63, 3.8) is 0 Å². The van der Waals surface area contributed by atoms with Crippen molar-refractivity contribution in [3.8, 4) is 17.1 Å². The molecule has 5 rings (SSSR count). The van der Waals surface area contributed by atoms with Crippen LogP contribution in [-0.2, 0) is 16.1 Å². The Kier molecular flexibility index (Phi) is 6.71. The lowest BCUT2D eigenvalue weighted by atomic mass is 9.61. The average Bonchev–Trinajstić information content (AvgIpc) is 3.48. The van der Waals surface area contributed by atoms with Gasteiger partial charge in [-0.25, -0.2) is 4.79 Å². The van der Waals surface area contributed by atoms with E-state index in [9.17, 15) is 14.7 Å². The predicted molar refractivity (Wildman–Crippen MR) is 128 cm³/mol. The number of hydrogen-bond donors (Lipinski definition) is 1. The number of aliphatic carboxylic acids is 1. The summed E-state index contributed by atoms with van der Waals surface area (Å²) in [5, 5.41) is 13.6. The topological polar surface area (TPSA) is 102 Å². The summed E-state index contributed by atoms with van der Waals surface area (Å²) in [5.74, 6) is 1.17. The number of ether oxygens (including phenoxy) is 2. The predicted octanol–water partition coefficient (Wildman–Crippen LogP) is 5.43. The zero-order valence-corrected chi connectivity index (χ0v) is 20.4. The fourth-order valence-electron chi connectivity index (χ4n) is 5.95. The lowest BCUT2D eigenvalue weighted by Crippen LogP contribution is -2.47. The van der Waals surface area contributed by atoms with E-state index >= 15 is 0 Å². The number of amides is 1. The Morgan fingerprint density at radius 1 is 1.11 bits per heavy atom. The van der Waals surface area contributed by atoms with Crippen LogP contribution in [0.2, 0.25) is 0 Å². The molecule has 188 valence electrons. The van der Waals surface area contributed by atoms with Crippen LogP contribution in [0.1, 0.15) is 62.6 Å². The monoisotopic (exact) mass is 482 g/mol. The van der Waals surface area contributed by atoms with Crippen LogP contribution in [0.3, 0.4) is 0 Å². The molecule has 2 aromatic rings. The first-order valence-corrected chi connectivity index (χ1v) is 12.8. The van der Waals surface area contributed by atoms with Gasteiger partial charge >= 0.3 is 12.1 Å². The van der Waals surface area contributed by atoms with Gasteiger partial charge in [0.1, 0.15) is 18.5 Å². The molecule has 1 aromatic heterocycles. The maximum atomic E-state index is 12.5. The third kappa shape index (κ3) is 4.88. The summed E-state index contributed by atoms with van der Waals surface area (Å²) in [7, 11) is 1.80. The number of carboxylic acid groups (broad SMARTS) is 1. The number of rotatable bonds is 7. The van der Waals surface area contributed by atoms with Crippen LogP contribution in [0.25, 0.3) is 11.3 Å². The summed E-state index contributed by atoms with van der Waals surface area (Å²) < 4.78 is 17.4. The molecule has 3 aliphatic carbocycles. The standard InChI is InChI=1S/C27H34N2O6/c1-16-23(15-33-27(32)29(2)20-5-3-4-6-20)25(35-28-16)17-7-10-21(11-8-17)34-24-14-19(26(30)31)13-18-9-12-22(18)24/h7-8,10-11,18-20,22,24H,3-6,9,12-15H2,1-2H3,(H,30,31)/t18-,19-,22-,24-/m1/s1. The summed E-state index contributed by atoms with van der Waals surface area (Å²) in [4.78, 5) is 25.8. The molecular formula is C27H34N2O6. The summed E-state index contributed by atoms with van der Waals surface area (Å²) in [6.45, 7) is 1.94. The first-order chi connectivity index (χ1) is 16.9. The second-order valence-corrected chi connectivity index (χ2v) is 10.4. The van der Waals surface area contributed by atoms with Gasteiger partial charge in [0.2, 0.25) is 0 Å². The lowest BCUT2D eigenvalue weighted by Gasteiger charge is -2.47. The molecule has 0 radical (unpaired) electrons. The Morgan fingerprint density at radius 2 is 1.86 bits per heavy atom. The molecule has 8 nitrogen and oxygen atoms in total. The van der Waals surface area contributed by atoms with Crippen LogP contribution in [0.15, 0.2) is 28.8 Å². The highest BCUT2D eigenvalue weighted by Gasteiger charge is 2.46. The fraction of sp³-hybridized carbons (Fsp3) is 0.593. The van der Waals surface area contributed by atoms with Crippen LogP contribution >= 0.6 is 0 Å². The van der Waals surface area contributed by atoms with Gasteiger partial charge in [-0.15, -0.1) is 0 Å². The first-order valence-electron chi connectivity index (χ1n) is 12.8. The van der Waals surface area contributed by atoms with Gasteiger partial charge in [0.15, 0.2) is 5.76 Å². The molecule has 0 unspecified atom stereocenters. The molecule has 3 saturated carbocycles. The molecule has 0 spiro atoms. The Balaban J connectivity index is 1.23. The molecule has 0 bridgehead atoms. The van der Waals surface area contributed by atoms with Crippen molar-refractivity contribution >= 4 is 12.1 Å². The molecule has 4 atom stereocenters. The van der Waals surface area contributed by atoms with Crippen molar-refractivity contribution in [1.82, 2.24) is 10.1 Å². The fourth-order valence-corrected chi connectivity index (χ4v) is 5.95. The van der Waals surface area contributed by atoms with Crippen LogP contribution in [-0.4, -0.2) is 46.4 Å². The van der Waals surface area contributed by atoms with E-state index < -0.39 is 5.97 Å². The molecule has 8 heteroatoms. The van der Waals surface area contributed by atoms with Crippen LogP contribution in [0.4, 0.5) is 4.79 Å². The number of fused-ring (bicyclic) bond motifs is 1. The largest absolute Gasteiger partial charge is 0.490 e. The summed E-state index contributed by atoms with van der Waals surface area (Å²) in [6.07, 6.45) is 7.50. The van der Waals surface area contributed by atoms with Gasteiger partial charge in [-0.2, -0.15) is 0 Å². The smallest absolute Gasteiger partial charge is 0.410 e. The van der Waals surface area contributed by atoms with Gasteiger partial charge in [-0.05, 0) is 81.5 Å². The molecule has 0 aliphatic heterocycles. The van der Waals surface area contributed by atoms with E-state index in [1.54, 1.807) is 11.9 Å². The van der Waals surface area contributed by atoms with E-state index in [2.05, 4.69) is 5.16 Å². The van der Waals surface area contributed by atoms with Crippen LogP contribution < -0.4 is 4.74 Å². The number of benzene rings is 1. The summed E-state index contributed by atoms with van der Waals surface area (Å²) in [6, 6.07) is 7.83. The van der Waals surface area contributed by atoms with Gasteiger partial charge in [-0.3, -0.25) is 4.79 Å². The minimum atomic E-state index is -0.720. The number of carboxylic acids is 1. The van der Waals surface area contributed by atoms with Crippen molar-refractivity contribution < 1.29 is 28.7 Å². The highest BCUT2D eigenvalue weighted by molar-refractivity contribution is 5.70. The Labute approximate surface area is 205 Å². The SMILES string of the molecule is Cc1noc(-c2ccc(O[C@@H]3C[C@H](C(=O)O)C[C@H]4CC[C@H]43)cc2)c1COC(=O)N(C)C1CCCC1. The number of hydrogen-bond acceptors (Lipinski definition) is 6. The van der Waals surface area contributed by atoms with Gasteiger partial charge in [0.05, 0.1) is 17.2 Å². The zero-order valence-electron chi connectivity index (χ0n) is 20.4. The first kappa shape index (κ1) is 23.7. The van der Waals surface area contributed by atoms with Gasteiger partial charge in [0.25, 0.3) is 0 Å². The van der Waals surface area contributed by atoms with E-state index in [1.807, 2.05) is 31.2 Å². The van der Waals surface area contributed by atoms with E-state index in [4.69, 9.17) is 14.0 Å². The van der Waals surface area contributed by atoms with E-state index in [-0.39, 0.29) is 30.8 Å². The number of aromatic nitrogens is 1. The van der Waals surface area contributed by atoms with Crippen molar-refractivity contribution in [2.75, 3.05) is 7.05 Å². The van der Waals surface area contributed by atoms with E-state index in [0.29, 0.717) is 29.7 Å². The highest BCUT2D eigenvalue weighted by atomic mass is 16.6. The minimum absolute atomic E-state index is 0.0613. The maximum absolute atomic E-state index is 12.5. The molecular weight excluding hydrogens is 448 g/mol. The minimum Gasteiger partial charge on any atom is -0.490 e. The third-order valence-electron chi connectivity index (χ3n) is 8.30. The molecule has 1 amide bonds. The quantitative estimate of drug-likeness (QED) is 0.561. The van der Waals surface area contributed by atoms with Gasteiger partial charge in [-0.1, -0.05) is 18.0 Å². The average molecular weight is 483 g/mol. The highest BCUT2D eigenvalue weighted by Crippen LogP contribution is 2.48. The number of nitrogens with zero attached hydrogens (tertiary/aromatic N) is 2. The van der Waals surface area contributed by atoms with E-state index in [0.717, 1.165) is 61.8 Å². The van der Waals surface area contributed by atoms with Gasteiger partial charge in [0, 0.05) is 18.7 Å². The molecule has 0 saturated heterocycles. The third-order valence-corrected chi connectivity index (χ3v) is 8.30. The van der Waals surface area contributed by atoms with Gasteiger partial charge < -0.3 is 24.0 Å².